The number of carboxylic acids is 1. The largest absolute Gasteiger partial charge is 0.489 e. The second kappa shape index (κ2) is 7.58. The SMILES string of the molecule is NCc1nc(-c2cc(COc3ccccc3CC(=O)O)cc3ccoc23)c[nH]1. The number of nitrogens with one attached hydrogen (secondary N) is 1. The molecule has 0 fully saturated rings. The van der Waals surface area contributed by atoms with Crippen LogP contribution in [-0.2, 0) is 24.4 Å². The summed E-state index contributed by atoms with van der Waals surface area (Å²) in [4.78, 5) is 18.6. The number of H-pyrrole nitrogens is 1. The van der Waals surface area contributed by atoms with E-state index < -0.39 is 5.97 Å². The Morgan fingerprint density at radius 1 is 1.25 bits per heavy atom. The lowest BCUT2D eigenvalue weighted by Gasteiger charge is -2.11. The van der Waals surface area contributed by atoms with Gasteiger partial charge >= 0.3 is 5.97 Å². The zero-order chi connectivity index (χ0) is 19.5. The number of imidazole rings is 1. The van der Waals surface area contributed by atoms with Gasteiger partial charge in [0.2, 0.25) is 0 Å². The Labute approximate surface area is 160 Å². The lowest BCUT2D eigenvalue weighted by Crippen LogP contribution is -2.04. The molecule has 0 spiro atoms. The Morgan fingerprint density at radius 2 is 2.11 bits per heavy atom. The van der Waals surface area contributed by atoms with E-state index in [9.17, 15) is 4.79 Å². The van der Waals surface area contributed by atoms with Crippen molar-refractivity contribution in [3.05, 3.63) is 71.9 Å². The lowest BCUT2D eigenvalue weighted by atomic mass is 10.1. The van der Waals surface area contributed by atoms with Crippen LogP contribution in [0.2, 0.25) is 0 Å². The highest BCUT2D eigenvalue weighted by Gasteiger charge is 2.13. The number of hydrogen-bond donors (Lipinski definition) is 3. The van der Waals surface area contributed by atoms with E-state index in [1.54, 1.807) is 30.7 Å². The smallest absolute Gasteiger partial charge is 0.307 e. The van der Waals surface area contributed by atoms with Gasteiger partial charge in [-0.15, -0.1) is 0 Å². The van der Waals surface area contributed by atoms with E-state index in [1.165, 1.54) is 0 Å². The number of aromatic nitrogens is 2. The number of para-hydroxylation sites is 1. The van der Waals surface area contributed by atoms with Crippen LogP contribution < -0.4 is 10.5 Å². The Kier molecular flexibility index (Phi) is 4.82. The molecular formula is C21H19N3O4. The highest BCUT2D eigenvalue weighted by Crippen LogP contribution is 2.31. The number of benzene rings is 2. The minimum Gasteiger partial charge on any atom is -0.489 e. The van der Waals surface area contributed by atoms with Gasteiger partial charge in [-0.25, -0.2) is 4.98 Å². The van der Waals surface area contributed by atoms with Crippen LogP contribution in [0.3, 0.4) is 0 Å². The maximum Gasteiger partial charge on any atom is 0.307 e. The lowest BCUT2D eigenvalue weighted by molar-refractivity contribution is -0.136. The Balaban J connectivity index is 1.64. The first-order valence-electron chi connectivity index (χ1n) is 8.81. The van der Waals surface area contributed by atoms with Gasteiger partial charge in [0.1, 0.15) is 23.8 Å². The molecule has 0 aliphatic carbocycles. The van der Waals surface area contributed by atoms with E-state index in [0.29, 0.717) is 30.3 Å². The summed E-state index contributed by atoms with van der Waals surface area (Å²) in [6.07, 6.45) is 3.35. The van der Waals surface area contributed by atoms with Crippen molar-refractivity contribution in [2.75, 3.05) is 0 Å². The minimum absolute atomic E-state index is 0.0860. The van der Waals surface area contributed by atoms with Crippen LogP contribution in [0.15, 0.2) is 59.3 Å². The number of nitrogens with zero attached hydrogens (tertiary/aromatic N) is 1. The highest BCUT2D eigenvalue weighted by atomic mass is 16.5. The van der Waals surface area contributed by atoms with E-state index in [-0.39, 0.29) is 6.42 Å². The van der Waals surface area contributed by atoms with Crippen molar-refractivity contribution >= 4 is 16.9 Å². The zero-order valence-corrected chi connectivity index (χ0v) is 15.0. The van der Waals surface area contributed by atoms with Gasteiger partial charge in [-0.3, -0.25) is 4.79 Å². The number of furan rings is 1. The number of aromatic amines is 1. The number of carbonyl (C=O) groups is 1. The fourth-order valence-electron chi connectivity index (χ4n) is 3.14. The molecule has 4 aromatic rings. The fraction of sp³-hybridized carbons (Fsp3) is 0.143. The predicted octanol–water partition coefficient (Wildman–Crippen LogP) is 3.49. The van der Waals surface area contributed by atoms with Crippen LogP contribution in [-0.4, -0.2) is 21.0 Å². The van der Waals surface area contributed by atoms with E-state index in [2.05, 4.69) is 9.97 Å². The van der Waals surface area contributed by atoms with E-state index in [4.69, 9.17) is 20.0 Å². The van der Waals surface area contributed by atoms with Crippen LogP contribution in [0.5, 0.6) is 5.75 Å². The predicted molar refractivity (Wildman–Crippen MR) is 104 cm³/mol. The summed E-state index contributed by atoms with van der Waals surface area (Å²) in [6.45, 7) is 0.614. The molecule has 0 amide bonds. The second-order valence-electron chi connectivity index (χ2n) is 6.39. The monoisotopic (exact) mass is 377 g/mol. The minimum atomic E-state index is -0.896. The van der Waals surface area contributed by atoms with Gasteiger partial charge < -0.3 is 25.0 Å². The number of ether oxygens (including phenoxy) is 1. The number of aliphatic carboxylic acids is 1. The van der Waals surface area contributed by atoms with Crippen molar-refractivity contribution in [3.8, 4) is 17.0 Å². The molecule has 4 rings (SSSR count). The summed E-state index contributed by atoms with van der Waals surface area (Å²) in [5, 5.41) is 10.0. The molecule has 0 saturated carbocycles. The number of hydrogen-bond acceptors (Lipinski definition) is 5. The number of fused-ring (bicyclic) bond motifs is 1. The van der Waals surface area contributed by atoms with Gasteiger partial charge in [0.05, 0.1) is 24.9 Å². The topological polar surface area (TPSA) is 114 Å². The summed E-state index contributed by atoms with van der Waals surface area (Å²) >= 11 is 0. The second-order valence-corrected chi connectivity index (χ2v) is 6.39. The molecular weight excluding hydrogens is 358 g/mol. The van der Waals surface area contributed by atoms with Crippen molar-refractivity contribution in [2.45, 2.75) is 19.6 Å². The third-order valence-electron chi connectivity index (χ3n) is 4.42. The van der Waals surface area contributed by atoms with Crippen molar-refractivity contribution < 1.29 is 19.1 Å². The van der Waals surface area contributed by atoms with Crippen molar-refractivity contribution in [2.24, 2.45) is 5.73 Å². The number of carboxylic acid groups (broad SMARTS) is 1. The number of rotatable bonds is 7. The van der Waals surface area contributed by atoms with Gasteiger partial charge in [-0.1, -0.05) is 18.2 Å². The highest BCUT2D eigenvalue weighted by molar-refractivity contribution is 5.92. The van der Waals surface area contributed by atoms with Crippen LogP contribution >= 0.6 is 0 Å². The third-order valence-corrected chi connectivity index (χ3v) is 4.42. The molecule has 28 heavy (non-hydrogen) atoms. The molecule has 2 heterocycles. The van der Waals surface area contributed by atoms with Gasteiger partial charge in [0, 0.05) is 22.7 Å². The Hall–Kier alpha value is -3.58. The average Bonchev–Trinajstić information content (AvgIpc) is 3.35. The van der Waals surface area contributed by atoms with E-state index in [1.807, 2.05) is 24.3 Å². The Bertz CT molecular complexity index is 1130. The quantitative estimate of drug-likeness (QED) is 0.454. The van der Waals surface area contributed by atoms with Gasteiger partial charge in [0.15, 0.2) is 0 Å². The molecule has 0 radical (unpaired) electrons. The summed E-state index contributed by atoms with van der Waals surface area (Å²) < 4.78 is 11.6. The Morgan fingerprint density at radius 3 is 2.89 bits per heavy atom. The maximum absolute atomic E-state index is 11.1. The first kappa shape index (κ1) is 17.8. The fourth-order valence-corrected chi connectivity index (χ4v) is 3.14. The molecule has 0 unspecified atom stereocenters. The summed E-state index contributed by atoms with van der Waals surface area (Å²) in [5.41, 5.74) is 9.53. The van der Waals surface area contributed by atoms with Gasteiger partial charge in [-0.2, -0.15) is 0 Å². The van der Waals surface area contributed by atoms with E-state index >= 15 is 0 Å². The zero-order valence-electron chi connectivity index (χ0n) is 15.0. The van der Waals surface area contributed by atoms with Crippen molar-refractivity contribution in [1.29, 1.82) is 0 Å². The van der Waals surface area contributed by atoms with Crippen molar-refractivity contribution in [1.82, 2.24) is 9.97 Å². The summed E-state index contributed by atoms with van der Waals surface area (Å²) in [5.74, 6) is 0.357. The van der Waals surface area contributed by atoms with Crippen LogP contribution in [0.4, 0.5) is 0 Å². The average molecular weight is 377 g/mol. The molecule has 0 saturated heterocycles. The number of nitrogens with two attached hydrogens (primary N) is 1. The van der Waals surface area contributed by atoms with E-state index in [0.717, 1.165) is 27.8 Å². The summed E-state index contributed by atoms with van der Waals surface area (Å²) in [7, 11) is 0. The molecule has 2 aromatic carbocycles. The van der Waals surface area contributed by atoms with Crippen molar-refractivity contribution in [3.63, 3.8) is 0 Å². The van der Waals surface area contributed by atoms with Crippen LogP contribution in [0.25, 0.3) is 22.2 Å². The summed E-state index contributed by atoms with van der Waals surface area (Å²) in [6, 6.07) is 13.0. The third kappa shape index (κ3) is 3.60. The molecule has 7 nitrogen and oxygen atoms in total. The maximum atomic E-state index is 11.1. The molecule has 142 valence electrons. The molecule has 4 N–H and O–H groups in total. The molecule has 0 bridgehead atoms. The standard InChI is InChI=1S/C21H19N3O4/c22-10-19-23-11-17(24-19)16-8-13(7-15-5-6-27-21(15)16)12-28-18-4-2-1-3-14(18)9-20(25)26/h1-8,11H,9-10,12,22H2,(H,23,24)(H,25,26). The van der Waals surface area contributed by atoms with Gasteiger partial charge in [-0.05, 0) is 29.8 Å². The molecule has 0 aliphatic heterocycles. The van der Waals surface area contributed by atoms with Crippen LogP contribution in [0, 0.1) is 0 Å². The molecule has 7 heteroatoms. The molecule has 0 atom stereocenters. The normalized spacial score (nSPS) is 11.0. The first-order chi connectivity index (χ1) is 13.6. The first-order valence-corrected chi connectivity index (χ1v) is 8.81. The molecule has 2 aromatic heterocycles. The van der Waals surface area contributed by atoms with Crippen LogP contribution in [0.1, 0.15) is 17.0 Å². The van der Waals surface area contributed by atoms with Gasteiger partial charge in [0.25, 0.3) is 0 Å². The molecule has 0 aliphatic rings.